The lowest BCUT2D eigenvalue weighted by atomic mass is 9.83. The van der Waals surface area contributed by atoms with Crippen LogP contribution >= 0.6 is 11.6 Å². The maximum Gasteiger partial charge on any atom is 0.0963 e. The van der Waals surface area contributed by atoms with Gasteiger partial charge in [-0.05, 0) is 18.4 Å². The topological polar surface area (TPSA) is 21.3 Å². The minimum absolute atomic E-state index is 0.0474. The standard InChI is InChI=1S/C17H26ClNO/c1-13(2)19-12-17(15-8-3-4-9-16(15)18)20-11-10-14-6-5-7-14/h3-4,8-9,13-14,17,19H,5-7,10-12H2,1-2H3. The van der Waals surface area contributed by atoms with Crippen molar-refractivity contribution in [2.24, 2.45) is 5.92 Å². The highest BCUT2D eigenvalue weighted by molar-refractivity contribution is 6.31. The fourth-order valence-corrected chi connectivity index (χ4v) is 2.75. The summed E-state index contributed by atoms with van der Waals surface area (Å²) in [7, 11) is 0. The van der Waals surface area contributed by atoms with E-state index in [9.17, 15) is 0 Å². The van der Waals surface area contributed by atoms with Gasteiger partial charge in [-0.3, -0.25) is 0 Å². The van der Waals surface area contributed by atoms with Crippen LogP contribution in [0.2, 0.25) is 5.02 Å². The van der Waals surface area contributed by atoms with Crippen LogP contribution in [0.25, 0.3) is 0 Å². The number of ether oxygens (including phenoxy) is 1. The SMILES string of the molecule is CC(C)NCC(OCCC1CCC1)c1ccccc1Cl. The van der Waals surface area contributed by atoms with Gasteiger partial charge in [0.15, 0.2) is 0 Å². The molecule has 3 heteroatoms. The zero-order valence-electron chi connectivity index (χ0n) is 12.6. The van der Waals surface area contributed by atoms with E-state index in [1.54, 1.807) is 0 Å². The van der Waals surface area contributed by atoms with Crippen molar-refractivity contribution in [2.45, 2.75) is 51.7 Å². The van der Waals surface area contributed by atoms with Crippen molar-refractivity contribution in [3.63, 3.8) is 0 Å². The van der Waals surface area contributed by atoms with Crippen LogP contribution in [0, 0.1) is 5.92 Å². The lowest BCUT2D eigenvalue weighted by molar-refractivity contribution is 0.0361. The Morgan fingerprint density at radius 1 is 1.30 bits per heavy atom. The Labute approximate surface area is 127 Å². The maximum absolute atomic E-state index is 6.31. The summed E-state index contributed by atoms with van der Waals surface area (Å²) in [5.74, 6) is 0.889. The van der Waals surface area contributed by atoms with Gasteiger partial charge in [0.05, 0.1) is 6.10 Å². The molecule has 0 aliphatic heterocycles. The smallest absolute Gasteiger partial charge is 0.0963 e. The molecular formula is C17H26ClNO. The first kappa shape index (κ1) is 15.8. The van der Waals surface area contributed by atoms with E-state index in [1.165, 1.54) is 25.7 Å². The zero-order chi connectivity index (χ0) is 14.4. The second kappa shape index (κ2) is 8.02. The average molecular weight is 296 g/mol. The molecule has 0 spiro atoms. The number of hydrogen-bond donors (Lipinski definition) is 1. The molecule has 0 bridgehead atoms. The molecule has 1 aromatic carbocycles. The third-order valence-corrected chi connectivity index (χ3v) is 4.38. The Morgan fingerprint density at radius 2 is 2.05 bits per heavy atom. The van der Waals surface area contributed by atoms with Crippen LogP contribution in [-0.4, -0.2) is 19.2 Å². The van der Waals surface area contributed by atoms with Gasteiger partial charge in [0.1, 0.15) is 0 Å². The van der Waals surface area contributed by atoms with Crippen LogP contribution in [0.5, 0.6) is 0 Å². The third kappa shape index (κ3) is 4.76. The minimum Gasteiger partial charge on any atom is -0.372 e. The molecule has 1 aliphatic rings. The molecule has 1 aromatic rings. The van der Waals surface area contributed by atoms with E-state index in [2.05, 4.69) is 25.2 Å². The number of halogens is 1. The van der Waals surface area contributed by atoms with Gasteiger partial charge < -0.3 is 10.1 Å². The highest BCUT2D eigenvalue weighted by Crippen LogP contribution is 2.31. The van der Waals surface area contributed by atoms with Gasteiger partial charge in [0.2, 0.25) is 0 Å². The fourth-order valence-electron chi connectivity index (χ4n) is 2.50. The van der Waals surface area contributed by atoms with E-state index in [4.69, 9.17) is 16.3 Å². The van der Waals surface area contributed by atoms with Crippen molar-refractivity contribution >= 4 is 11.6 Å². The molecular weight excluding hydrogens is 270 g/mol. The Kier molecular flexibility index (Phi) is 6.34. The molecule has 1 aliphatic carbocycles. The predicted molar refractivity (Wildman–Crippen MR) is 85.2 cm³/mol. The van der Waals surface area contributed by atoms with Gasteiger partial charge in [0, 0.05) is 29.8 Å². The van der Waals surface area contributed by atoms with Crippen molar-refractivity contribution in [3.05, 3.63) is 34.9 Å². The molecule has 0 radical (unpaired) electrons. The number of hydrogen-bond acceptors (Lipinski definition) is 2. The summed E-state index contributed by atoms with van der Waals surface area (Å²) in [5, 5.41) is 4.25. The quantitative estimate of drug-likeness (QED) is 0.757. The van der Waals surface area contributed by atoms with Crippen LogP contribution < -0.4 is 5.32 Å². The van der Waals surface area contributed by atoms with Crippen LogP contribution in [0.4, 0.5) is 0 Å². The Bertz CT molecular complexity index is 404. The molecule has 112 valence electrons. The summed E-state index contributed by atoms with van der Waals surface area (Å²) in [6.07, 6.45) is 5.39. The van der Waals surface area contributed by atoms with E-state index in [-0.39, 0.29) is 6.10 Å². The van der Waals surface area contributed by atoms with Gasteiger partial charge in [-0.1, -0.05) is 62.9 Å². The molecule has 2 rings (SSSR count). The third-order valence-electron chi connectivity index (χ3n) is 4.03. The summed E-state index contributed by atoms with van der Waals surface area (Å²) in [5.41, 5.74) is 1.09. The number of benzene rings is 1. The summed E-state index contributed by atoms with van der Waals surface area (Å²) in [6.45, 7) is 5.95. The molecule has 20 heavy (non-hydrogen) atoms. The monoisotopic (exact) mass is 295 g/mol. The Morgan fingerprint density at radius 3 is 2.65 bits per heavy atom. The summed E-state index contributed by atoms with van der Waals surface area (Å²) in [4.78, 5) is 0. The van der Waals surface area contributed by atoms with Crippen molar-refractivity contribution in [3.8, 4) is 0 Å². The van der Waals surface area contributed by atoms with Crippen molar-refractivity contribution in [2.75, 3.05) is 13.2 Å². The molecule has 1 saturated carbocycles. The van der Waals surface area contributed by atoms with E-state index in [0.717, 1.165) is 29.7 Å². The van der Waals surface area contributed by atoms with Gasteiger partial charge >= 0.3 is 0 Å². The van der Waals surface area contributed by atoms with Crippen molar-refractivity contribution < 1.29 is 4.74 Å². The van der Waals surface area contributed by atoms with Crippen LogP contribution in [0.1, 0.15) is 51.2 Å². The lowest BCUT2D eigenvalue weighted by Crippen LogP contribution is -2.29. The second-order valence-corrected chi connectivity index (χ2v) is 6.44. The highest BCUT2D eigenvalue weighted by atomic mass is 35.5. The highest BCUT2D eigenvalue weighted by Gasteiger charge is 2.19. The first-order valence-electron chi connectivity index (χ1n) is 7.76. The van der Waals surface area contributed by atoms with Gasteiger partial charge in [-0.25, -0.2) is 0 Å². The molecule has 1 unspecified atom stereocenters. The minimum atomic E-state index is 0.0474. The summed E-state index contributed by atoms with van der Waals surface area (Å²) in [6, 6.07) is 8.45. The lowest BCUT2D eigenvalue weighted by Gasteiger charge is -2.27. The molecule has 2 nitrogen and oxygen atoms in total. The van der Waals surface area contributed by atoms with E-state index >= 15 is 0 Å². The first-order chi connectivity index (χ1) is 9.66. The Hall–Kier alpha value is -0.570. The zero-order valence-corrected chi connectivity index (χ0v) is 13.3. The van der Waals surface area contributed by atoms with Gasteiger partial charge in [0.25, 0.3) is 0 Å². The van der Waals surface area contributed by atoms with Crippen LogP contribution in [0.3, 0.4) is 0 Å². The largest absolute Gasteiger partial charge is 0.372 e. The van der Waals surface area contributed by atoms with Crippen LogP contribution in [-0.2, 0) is 4.74 Å². The number of rotatable bonds is 8. The molecule has 0 heterocycles. The Balaban J connectivity index is 1.90. The summed E-state index contributed by atoms with van der Waals surface area (Å²) < 4.78 is 6.12. The normalized spacial score (nSPS) is 17.2. The van der Waals surface area contributed by atoms with E-state index < -0.39 is 0 Å². The molecule has 0 aromatic heterocycles. The predicted octanol–water partition coefficient (Wildman–Crippen LogP) is 4.59. The van der Waals surface area contributed by atoms with Gasteiger partial charge in [-0.15, -0.1) is 0 Å². The van der Waals surface area contributed by atoms with Crippen molar-refractivity contribution in [1.82, 2.24) is 5.32 Å². The van der Waals surface area contributed by atoms with Crippen LogP contribution in [0.15, 0.2) is 24.3 Å². The summed E-state index contributed by atoms with van der Waals surface area (Å²) >= 11 is 6.31. The average Bonchev–Trinajstić information content (AvgIpc) is 2.36. The van der Waals surface area contributed by atoms with Gasteiger partial charge in [-0.2, -0.15) is 0 Å². The molecule has 0 saturated heterocycles. The number of nitrogens with one attached hydrogen (secondary N) is 1. The van der Waals surface area contributed by atoms with Crippen molar-refractivity contribution in [1.29, 1.82) is 0 Å². The van der Waals surface area contributed by atoms with E-state index in [0.29, 0.717) is 6.04 Å². The maximum atomic E-state index is 6.31. The molecule has 1 fully saturated rings. The fraction of sp³-hybridized carbons (Fsp3) is 0.647. The molecule has 1 N–H and O–H groups in total. The first-order valence-corrected chi connectivity index (χ1v) is 8.14. The molecule has 0 amide bonds. The second-order valence-electron chi connectivity index (χ2n) is 6.03. The molecule has 1 atom stereocenters. The van der Waals surface area contributed by atoms with E-state index in [1.807, 2.05) is 18.2 Å².